The van der Waals surface area contributed by atoms with Crippen LogP contribution in [0.1, 0.15) is 52.9 Å². The quantitative estimate of drug-likeness (QED) is 0.579. The Kier molecular flexibility index (Phi) is 2.79. The fraction of sp³-hybridized carbons (Fsp3) is 0.733. The molecule has 1 saturated carbocycles. The van der Waals surface area contributed by atoms with Crippen molar-refractivity contribution < 1.29 is 0 Å². The third-order valence-electron chi connectivity index (χ3n) is 4.93. The molecule has 0 nitrogen and oxygen atoms in total. The van der Waals surface area contributed by atoms with Crippen molar-refractivity contribution in [3.05, 3.63) is 23.8 Å². The van der Waals surface area contributed by atoms with Gasteiger partial charge in [0.1, 0.15) is 0 Å². The van der Waals surface area contributed by atoms with E-state index in [9.17, 15) is 0 Å². The first-order valence-corrected chi connectivity index (χ1v) is 6.41. The molecule has 2 aliphatic rings. The minimum atomic E-state index is 0.463. The van der Waals surface area contributed by atoms with Crippen molar-refractivity contribution in [1.82, 2.24) is 0 Å². The van der Waals surface area contributed by atoms with Gasteiger partial charge in [-0.2, -0.15) is 0 Å². The molecule has 0 bridgehead atoms. The normalized spacial score (nSPS) is 40.6. The van der Waals surface area contributed by atoms with E-state index in [0.717, 1.165) is 11.8 Å². The molecule has 0 spiro atoms. The van der Waals surface area contributed by atoms with E-state index in [1.54, 1.807) is 0 Å². The van der Waals surface area contributed by atoms with Crippen molar-refractivity contribution in [1.29, 1.82) is 0 Å². The van der Waals surface area contributed by atoms with Gasteiger partial charge in [-0.15, -0.1) is 0 Å². The minimum absolute atomic E-state index is 0.463. The molecule has 0 aromatic rings. The summed E-state index contributed by atoms with van der Waals surface area (Å²) in [5.74, 6) is 1.79. The first-order valence-electron chi connectivity index (χ1n) is 6.41. The minimum Gasteiger partial charge on any atom is -0.0958 e. The van der Waals surface area contributed by atoms with Crippen LogP contribution in [0.15, 0.2) is 23.8 Å². The summed E-state index contributed by atoms with van der Waals surface area (Å²) in [4.78, 5) is 0. The highest BCUT2D eigenvalue weighted by atomic mass is 14.5. The van der Waals surface area contributed by atoms with Crippen molar-refractivity contribution in [2.75, 3.05) is 0 Å². The molecule has 1 fully saturated rings. The maximum absolute atomic E-state index is 4.10. The molecular formula is C15H24. The van der Waals surface area contributed by atoms with Crippen molar-refractivity contribution in [3.8, 4) is 0 Å². The molecule has 0 aromatic carbocycles. The molecule has 0 saturated heterocycles. The number of allylic oxidation sites excluding steroid dienone is 3. The van der Waals surface area contributed by atoms with Gasteiger partial charge in [0.05, 0.1) is 0 Å². The summed E-state index contributed by atoms with van der Waals surface area (Å²) in [6.07, 6.45) is 9.51. The lowest BCUT2D eigenvalue weighted by Gasteiger charge is -2.48. The molecule has 0 N–H and O–H groups in total. The van der Waals surface area contributed by atoms with E-state index in [2.05, 4.69) is 33.4 Å². The molecule has 0 heterocycles. The predicted octanol–water partition coefficient (Wildman–Crippen LogP) is 4.73. The molecule has 0 radical (unpaired) electrons. The van der Waals surface area contributed by atoms with Crippen LogP contribution < -0.4 is 0 Å². The Morgan fingerprint density at radius 2 is 2.13 bits per heavy atom. The third kappa shape index (κ3) is 1.79. The Labute approximate surface area is 94.5 Å². The number of fused-ring (bicyclic) bond motifs is 1. The van der Waals surface area contributed by atoms with Crippen LogP contribution in [0.5, 0.6) is 0 Å². The van der Waals surface area contributed by atoms with Crippen molar-refractivity contribution in [2.45, 2.75) is 52.9 Å². The number of rotatable bonds is 1. The van der Waals surface area contributed by atoms with Crippen molar-refractivity contribution in [2.24, 2.45) is 17.3 Å². The maximum atomic E-state index is 4.10. The van der Waals surface area contributed by atoms with Gasteiger partial charge < -0.3 is 0 Å². The largest absolute Gasteiger partial charge is 0.0958 e. The Hall–Kier alpha value is -0.520. The molecule has 2 rings (SSSR count). The summed E-state index contributed by atoms with van der Waals surface area (Å²) in [6.45, 7) is 11.2. The monoisotopic (exact) mass is 204 g/mol. The van der Waals surface area contributed by atoms with Crippen LogP contribution in [0.4, 0.5) is 0 Å². The second-order valence-corrected chi connectivity index (χ2v) is 5.88. The van der Waals surface area contributed by atoms with E-state index in [0.29, 0.717) is 5.41 Å². The van der Waals surface area contributed by atoms with Crippen LogP contribution in [0.25, 0.3) is 0 Å². The zero-order valence-electron chi connectivity index (χ0n) is 10.5. The predicted molar refractivity (Wildman–Crippen MR) is 66.7 cm³/mol. The van der Waals surface area contributed by atoms with E-state index >= 15 is 0 Å². The molecule has 2 aliphatic carbocycles. The van der Waals surface area contributed by atoms with Crippen molar-refractivity contribution >= 4 is 0 Å². The average Bonchev–Trinajstić information content (AvgIpc) is 2.19. The summed E-state index contributed by atoms with van der Waals surface area (Å²) >= 11 is 0. The molecular weight excluding hydrogens is 180 g/mol. The first-order chi connectivity index (χ1) is 7.04. The van der Waals surface area contributed by atoms with Crippen LogP contribution in [0.3, 0.4) is 0 Å². The highest BCUT2D eigenvalue weighted by Gasteiger charge is 2.41. The van der Waals surface area contributed by atoms with Gasteiger partial charge in [0.2, 0.25) is 0 Å². The molecule has 0 unspecified atom stereocenters. The molecule has 84 valence electrons. The molecule has 0 aliphatic heterocycles. The van der Waals surface area contributed by atoms with E-state index in [-0.39, 0.29) is 0 Å². The summed E-state index contributed by atoms with van der Waals surface area (Å²) in [5, 5.41) is 0. The van der Waals surface area contributed by atoms with Gasteiger partial charge in [0, 0.05) is 0 Å². The second kappa shape index (κ2) is 3.81. The van der Waals surface area contributed by atoms with Crippen molar-refractivity contribution in [3.63, 3.8) is 0 Å². The Morgan fingerprint density at radius 1 is 1.40 bits per heavy atom. The highest BCUT2D eigenvalue weighted by molar-refractivity contribution is 5.31. The van der Waals surface area contributed by atoms with Crippen LogP contribution in [0.2, 0.25) is 0 Å². The van der Waals surface area contributed by atoms with E-state index in [4.69, 9.17) is 0 Å². The molecule has 0 amide bonds. The number of hydrogen-bond donors (Lipinski definition) is 0. The zero-order chi connectivity index (χ0) is 11.1. The molecule has 0 heteroatoms. The van der Waals surface area contributed by atoms with Gasteiger partial charge in [-0.25, -0.2) is 0 Å². The van der Waals surface area contributed by atoms with Crippen LogP contribution in [-0.2, 0) is 0 Å². The summed E-state index contributed by atoms with van der Waals surface area (Å²) in [7, 11) is 0. The van der Waals surface area contributed by atoms with Gasteiger partial charge >= 0.3 is 0 Å². The standard InChI is InChI=1S/C15H24/c1-11(2)13-8-9-14-7-5-6-12(3)15(14,4)10-13/h10,12,14H,1,5-9H2,2-4H3/t12-,14+,15+/m1/s1. The van der Waals surface area contributed by atoms with E-state index < -0.39 is 0 Å². The smallest absolute Gasteiger partial charge is 0.00867 e. The lowest BCUT2D eigenvalue weighted by molar-refractivity contribution is 0.0863. The SMILES string of the molecule is C=C(C)C1=C[C@]2(C)[C@@H](CCC[C@H]2C)CC1. The van der Waals surface area contributed by atoms with E-state index in [1.807, 2.05) is 0 Å². The van der Waals surface area contributed by atoms with Gasteiger partial charge in [-0.1, -0.05) is 38.5 Å². The molecule has 15 heavy (non-hydrogen) atoms. The third-order valence-corrected chi connectivity index (χ3v) is 4.93. The average molecular weight is 204 g/mol. The topological polar surface area (TPSA) is 0 Å². The summed E-state index contributed by atoms with van der Waals surface area (Å²) in [6, 6.07) is 0. The lowest BCUT2D eigenvalue weighted by atomic mass is 9.57. The first kappa shape index (κ1) is 11.0. The van der Waals surface area contributed by atoms with Crippen LogP contribution >= 0.6 is 0 Å². The fourth-order valence-electron chi connectivity index (χ4n) is 3.52. The molecule has 3 atom stereocenters. The Bertz CT molecular complexity index is 297. The summed E-state index contributed by atoms with van der Waals surface area (Å²) < 4.78 is 0. The van der Waals surface area contributed by atoms with Gasteiger partial charge in [0.25, 0.3) is 0 Å². The van der Waals surface area contributed by atoms with Crippen LogP contribution in [0, 0.1) is 17.3 Å². The lowest BCUT2D eigenvalue weighted by Crippen LogP contribution is -2.38. The highest BCUT2D eigenvalue weighted by Crippen LogP contribution is 2.52. The fourth-order valence-corrected chi connectivity index (χ4v) is 3.52. The Balaban J connectivity index is 2.32. The van der Waals surface area contributed by atoms with Gasteiger partial charge in [-0.3, -0.25) is 0 Å². The zero-order valence-corrected chi connectivity index (χ0v) is 10.5. The summed E-state index contributed by atoms with van der Waals surface area (Å²) in [5.41, 5.74) is 3.28. The number of hydrogen-bond acceptors (Lipinski definition) is 0. The van der Waals surface area contributed by atoms with Gasteiger partial charge in [-0.05, 0) is 55.4 Å². The molecule has 0 aromatic heterocycles. The Morgan fingerprint density at radius 3 is 2.80 bits per heavy atom. The van der Waals surface area contributed by atoms with Gasteiger partial charge in [0.15, 0.2) is 0 Å². The van der Waals surface area contributed by atoms with E-state index in [1.165, 1.54) is 43.3 Å². The maximum Gasteiger partial charge on any atom is -0.00867 e. The second-order valence-electron chi connectivity index (χ2n) is 5.88. The van der Waals surface area contributed by atoms with Crippen LogP contribution in [-0.4, -0.2) is 0 Å².